The molecule has 1 heterocycles. The molecule has 5 aliphatic rings. The van der Waals surface area contributed by atoms with E-state index in [0.29, 0.717) is 11.2 Å². The molecule has 0 spiro atoms. The van der Waals surface area contributed by atoms with Crippen molar-refractivity contribution in [3.8, 4) is 0 Å². The summed E-state index contributed by atoms with van der Waals surface area (Å²) in [6, 6.07) is 11.2. The molecule has 5 fully saturated rings. The van der Waals surface area contributed by atoms with Gasteiger partial charge in [-0.25, -0.2) is 0 Å². The topological polar surface area (TPSA) is 29.1 Å². The lowest BCUT2D eigenvalue weighted by Gasteiger charge is -2.66. The minimum atomic E-state index is -0.0169. The lowest BCUT2D eigenvalue weighted by atomic mass is 9.38. The Morgan fingerprint density at radius 2 is 1.81 bits per heavy atom. The van der Waals surface area contributed by atoms with Gasteiger partial charge in [0.1, 0.15) is 5.78 Å². The summed E-state index contributed by atoms with van der Waals surface area (Å²) < 4.78 is 0. The molecule has 4 saturated carbocycles. The lowest BCUT2D eigenvalue weighted by molar-refractivity contribution is -0.158. The molecule has 1 aromatic rings. The molecule has 0 aromatic heterocycles. The average Bonchev–Trinajstić information content (AvgIpc) is 2.66. The van der Waals surface area contributed by atoms with Gasteiger partial charge in [0.25, 0.3) is 0 Å². The van der Waals surface area contributed by atoms with Gasteiger partial charge in [-0.05, 0) is 99.1 Å². The number of ketones is 1. The van der Waals surface area contributed by atoms with Gasteiger partial charge in [-0.3, -0.25) is 4.79 Å². The highest BCUT2D eigenvalue weighted by Gasteiger charge is 2.64. The molecule has 27 heavy (non-hydrogen) atoms. The van der Waals surface area contributed by atoms with E-state index in [2.05, 4.69) is 42.6 Å². The molecule has 2 nitrogen and oxygen atoms in total. The van der Waals surface area contributed by atoms with E-state index in [-0.39, 0.29) is 10.8 Å². The van der Waals surface area contributed by atoms with Crippen molar-refractivity contribution in [2.24, 2.45) is 22.7 Å². The quantitative estimate of drug-likeness (QED) is 0.771. The molecule has 4 aliphatic carbocycles. The molecule has 4 bridgehead atoms. The van der Waals surface area contributed by atoms with Gasteiger partial charge in [-0.15, -0.1) is 0 Å². The molecule has 0 radical (unpaired) electrons. The first-order valence-electron chi connectivity index (χ1n) is 11.3. The average molecular weight is 366 g/mol. The van der Waals surface area contributed by atoms with Crippen LogP contribution >= 0.6 is 0 Å². The molecular formula is C25H35NO. The Bertz CT molecular complexity index is 708. The Hall–Kier alpha value is -1.15. The van der Waals surface area contributed by atoms with Crippen LogP contribution in [0, 0.1) is 22.7 Å². The Labute approximate surface area is 164 Å². The molecule has 1 aliphatic heterocycles. The zero-order valence-corrected chi connectivity index (χ0v) is 16.9. The Morgan fingerprint density at radius 1 is 1.04 bits per heavy atom. The summed E-state index contributed by atoms with van der Waals surface area (Å²) in [5.41, 5.74) is 2.13. The van der Waals surface area contributed by atoms with E-state index in [1.807, 2.05) is 0 Å². The monoisotopic (exact) mass is 365 g/mol. The van der Waals surface area contributed by atoms with Crippen LogP contribution in [0.1, 0.15) is 76.7 Å². The second-order valence-corrected chi connectivity index (χ2v) is 10.9. The van der Waals surface area contributed by atoms with Crippen LogP contribution in [0.25, 0.3) is 0 Å². The maximum Gasteiger partial charge on any atom is 0.139 e. The lowest BCUT2D eigenvalue weighted by Crippen LogP contribution is -2.60. The van der Waals surface area contributed by atoms with Gasteiger partial charge < -0.3 is 5.32 Å². The first-order valence-corrected chi connectivity index (χ1v) is 11.3. The van der Waals surface area contributed by atoms with Crippen molar-refractivity contribution in [3.05, 3.63) is 35.9 Å². The van der Waals surface area contributed by atoms with E-state index in [1.54, 1.807) is 0 Å². The molecule has 6 rings (SSSR count). The molecule has 4 unspecified atom stereocenters. The number of benzene rings is 1. The van der Waals surface area contributed by atoms with Gasteiger partial charge in [0.05, 0.1) is 0 Å². The van der Waals surface area contributed by atoms with Crippen LogP contribution in [-0.4, -0.2) is 18.9 Å². The summed E-state index contributed by atoms with van der Waals surface area (Å²) >= 11 is 0. The van der Waals surface area contributed by atoms with Crippen LogP contribution in [-0.2, 0) is 10.2 Å². The van der Waals surface area contributed by atoms with Crippen molar-refractivity contribution in [2.45, 2.75) is 76.5 Å². The second-order valence-electron chi connectivity index (χ2n) is 10.9. The minimum absolute atomic E-state index is 0.0169. The summed E-state index contributed by atoms with van der Waals surface area (Å²) in [6.45, 7) is 4.77. The first-order chi connectivity index (χ1) is 13.0. The Morgan fingerprint density at radius 3 is 2.56 bits per heavy atom. The van der Waals surface area contributed by atoms with Crippen molar-refractivity contribution in [1.29, 1.82) is 0 Å². The second kappa shape index (κ2) is 6.44. The summed E-state index contributed by atoms with van der Waals surface area (Å²) in [4.78, 5) is 13.6. The predicted octanol–water partition coefficient (Wildman–Crippen LogP) is 5.26. The van der Waals surface area contributed by atoms with Crippen molar-refractivity contribution in [1.82, 2.24) is 5.32 Å². The summed E-state index contributed by atoms with van der Waals surface area (Å²) in [5.74, 6) is 2.15. The van der Waals surface area contributed by atoms with Gasteiger partial charge in [-0.1, -0.05) is 37.3 Å². The van der Waals surface area contributed by atoms with Crippen LogP contribution in [0.3, 0.4) is 0 Å². The number of rotatable bonds is 5. The predicted molar refractivity (Wildman–Crippen MR) is 110 cm³/mol. The summed E-state index contributed by atoms with van der Waals surface area (Å²) in [7, 11) is 0. The number of hydrogen-bond donors (Lipinski definition) is 1. The fourth-order valence-corrected chi connectivity index (χ4v) is 8.12. The summed E-state index contributed by atoms with van der Waals surface area (Å²) in [5, 5.41) is 3.45. The third-order valence-electron chi connectivity index (χ3n) is 8.56. The smallest absolute Gasteiger partial charge is 0.139 e. The first kappa shape index (κ1) is 17.9. The molecule has 1 aromatic carbocycles. The van der Waals surface area contributed by atoms with Gasteiger partial charge in [0, 0.05) is 11.8 Å². The molecule has 146 valence electrons. The Kier molecular flexibility index (Phi) is 4.27. The highest BCUT2D eigenvalue weighted by molar-refractivity contribution is 5.85. The maximum atomic E-state index is 13.6. The number of carbonyl (C=O) groups is 1. The fraction of sp³-hybridized carbons (Fsp3) is 0.720. The molecule has 2 heteroatoms. The van der Waals surface area contributed by atoms with Crippen LogP contribution in [0.5, 0.6) is 0 Å². The zero-order valence-electron chi connectivity index (χ0n) is 16.9. The Balaban J connectivity index is 1.39. The van der Waals surface area contributed by atoms with Gasteiger partial charge in [-0.2, -0.15) is 0 Å². The van der Waals surface area contributed by atoms with E-state index in [9.17, 15) is 4.79 Å². The van der Waals surface area contributed by atoms with E-state index in [4.69, 9.17) is 0 Å². The highest BCUT2D eigenvalue weighted by Crippen LogP contribution is 2.70. The van der Waals surface area contributed by atoms with Crippen LogP contribution < -0.4 is 5.32 Å². The van der Waals surface area contributed by atoms with E-state index in [0.717, 1.165) is 50.6 Å². The molecule has 1 saturated heterocycles. The van der Waals surface area contributed by atoms with Crippen molar-refractivity contribution in [3.63, 3.8) is 0 Å². The van der Waals surface area contributed by atoms with Crippen molar-refractivity contribution >= 4 is 5.78 Å². The normalized spacial score (nSPS) is 41.0. The highest BCUT2D eigenvalue weighted by atomic mass is 16.1. The van der Waals surface area contributed by atoms with Gasteiger partial charge in [0.2, 0.25) is 0 Å². The fourth-order valence-electron chi connectivity index (χ4n) is 8.12. The zero-order chi connectivity index (χ0) is 18.5. The summed E-state index contributed by atoms with van der Waals surface area (Å²) in [6.07, 6.45) is 11.9. The number of piperidine rings is 1. The van der Waals surface area contributed by atoms with E-state index < -0.39 is 0 Å². The number of carbonyl (C=O) groups excluding carboxylic acids is 1. The molecule has 1 N–H and O–H groups in total. The number of hydrogen-bond acceptors (Lipinski definition) is 2. The van der Waals surface area contributed by atoms with Crippen molar-refractivity contribution < 1.29 is 4.79 Å². The van der Waals surface area contributed by atoms with Crippen molar-refractivity contribution in [2.75, 3.05) is 13.1 Å². The molecule has 0 amide bonds. The molecular weight excluding hydrogens is 330 g/mol. The number of Topliss-reactive ketones (excluding diaryl/α,β-unsaturated/α-hetero) is 1. The maximum absolute atomic E-state index is 13.6. The number of nitrogens with one attached hydrogen (secondary N) is 1. The van der Waals surface area contributed by atoms with Crippen LogP contribution in [0.4, 0.5) is 0 Å². The van der Waals surface area contributed by atoms with Gasteiger partial charge >= 0.3 is 0 Å². The largest absolute Gasteiger partial charge is 0.317 e. The van der Waals surface area contributed by atoms with Crippen LogP contribution in [0.15, 0.2) is 30.3 Å². The SMILES string of the molecule is CC12CC3CC(C(=O)CCC4CCNCC4)(C1)CC(c1ccccc1)(C3)C2. The van der Waals surface area contributed by atoms with E-state index >= 15 is 0 Å². The molecule has 4 atom stereocenters. The minimum Gasteiger partial charge on any atom is -0.317 e. The third kappa shape index (κ3) is 3.09. The van der Waals surface area contributed by atoms with Gasteiger partial charge in [0.15, 0.2) is 0 Å². The standard InChI is InChI=1S/C25H35NO/c1-23-13-20-14-24(16-23,21-5-3-2-4-6-21)18-25(15-20,17-23)22(27)8-7-19-9-11-26-12-10-19/h2-6,19-20,26H,7-18H2,1H3. The third-order valence-corrected chi connectivity index (χ3v) is 8.56. The van der Waals surface area contributed by atoms with E-state index in [1.165, 1.54) is 44.1 Å². The van der Waals surface area contributed by atoms with Crippen LogP contribution in [0.2, 0.25) is 0 Å².